The third-order valence-corrected chi connectivity index (χ3v) is 4.70. The lowest BCUT2D eigenvalue weighted by atomic mass is 9.95. The maximum absolute atomic E-state index is 6.46. The molecule has 0 saturated heterocycles. The van der Waals surface area contributed by atoms with Crippen molar-refractivity contribution in [3.05, 3.63) is 89.5 Å². The number of benzene rings is 3. The molecular formula is C25H28O. The van der Waals surface area contributed by atoms with E-state index in [1.807, 2.05) is 0 Å². The van der Waals surface area contributed by atoms with E-state index < -0.39 is 0 Å². The Morgan fingerprint density at radius 2 is 1.31 bits per heavy atom. The molecule has 0 saturated carbocycles. The number of hydrogen-bond donors (Lipinski definition) is 0. The molecule has 0 radical (unpaired) electrons. The third kappa shape index (κ3) is 4.35. The molecule has 3 aromatic carbocycles. The van der Waals surface area contributed by atoms with Gasteiger partial charge in [-0.05, 0) is 66.1 Å². The molecule has 0 aliphatic carbocycles. The molecule has 0 N–H and O–H groups in total. The Morgan fingerprint density at radius 1 is 0.769 bits per heavy atom. The van der Waals surface area contributed by atoms with Gasteiger partial charge >= 0.3 is 0 Å². The van der Waals surface area contributed by atoms with Gasteiger partial charge in [0.25, 0.3) is 0 Å². The predicted molar refractivity (Wildman–Crippen MR) is 111 cm³/mol. The molecule has 0 heterocycles. The average Bonchev–Trinajstić information content (AvgIpc) is 2.62. The predicted octanol–water partition coefficient (Wildman–Crippen LogP) is 7.14. The highest BCUT2D eigenvalue weighted by molar-refractivity contribution is 5.71. The fourth-order valence-electron chi connectivity index (χ4n) is 3.56. The summed E-state index contributed by atoms with van der Waals surface area (Å²) in [6.45, 7) is 8.83. The van der Waals surface area contributed by atoms with Crippen molar-refractivity contribution in [1.29, 1.82) is 0 Å². The molecule has 1 unspecified atom stereocenters. The van der Waals surface area contributed by atoms with Crippen LogP contribution in [0.5, 0.6) is 5.75 Å². The van der Waals surface area contributed by atoms with Crippen LogP contribution in [0, 0.1) is 19.8 Å². The Bertz CT molecular complexity index is 812. The van der Waals surface area contributed by atoms with Crippen molar-refractivity contribution in [2.24, 2.45) is 5.92 Å². The highest BCUT2D eigenvalue weighted by Gasteiger charge is 2.16. The van der Waals surface area contributed by atoms with Gasteiger partial charge in [0.05, 0.1) is 0 Å². The first kappa shape index (κ1) is 18.3. The quantitative estimate of drug-likeness (QED) is 0.462. The molecule has 0 fully saturated rings. The van der Waals surface area contributed by atoms with Crippen molar-refractivity contribution in [2.45, 2.75) is 40.2 Å². The van der Waals surface area contributed by atoms with E-state index in [0.29, 0.717) is 5.92 Å². The van der Waals surface area contributed by atoms with E-state index in [0.717, 1.165) is 12.2 Å². The van der Waals surface area contributed by atoms with E-state index >= 15 is 0 Å². The van der Waals surface area contributed by atoms with Crippen LogP contribution in [-0.2, 0) is 0 Å². The molecule has 1 heteroatoms. The molecule has 0 bridgehead atoms. The van der Waals surface area contributed by atoms with Gasteiger partial charge in [-0.15, -0.1) is 0 Å². The van der Waals surface area contributed by atoms with Crippen LogP contribution >= 0.6 is 0 Å². The lowest BCUT2D eigenvalue weighted by Gasteiger charge is -2.23. The van der Waals surface area contributed by atoms with Crippen molar-refractivity contribution in [1.82, 2.24) is 0 Å². The Labute approximate surface area is 157 Å². The Hall–Kier alpha value is -2.54. The van der Waals surface area contributed by atoms with Gasteiger partial charge in [0.2, 0.25) is 0 Å². The fraction of sp³-hybridized carbons (Fsp3) is 0.280. The van der Waals surface area contributed by atoms with E-state index in [-0.39, 0.29) is 6.10 Å². The average molecular weight is 344 g/mol. The van der Waals surface area contributed by atoms with Gasteiger partial charge in [-0.1, -0.05) is 74.5 Å². The van der Waals surface area contributed by atoms with E-state index in [2.05, 4.69) is 100 Å². The van der Waals surface area contributed by atoms with E-state index in [9.17, 15) is 0 Å². The van der Waals surface area contributed by atoms with Crippen molar-refractivity contribution >= 4 is 0 Å². The van der Waals surface area contributed by atoms with Crippen LogP contribution in [0.2, 0.25) is 0 Å². The molecular weight excluding hydrogens is 316 g/mol. The minimum Gasteiger partial charge on any atom is -0.486 e. The van der Waals surface area contributed by atoms with Crippen LogP contribution in [0.25, 0.3) is 11.1 Å². The molecule has 3 aromatic rings. The van der Waals surface area contributed by atoms with Gasteiger partial charge in [-0.2, -0.15) is 0 Å². The molecule has 0 aliphatic heterocycles. The van der Waals surface area contributed by atoms with Crippen LogP contribution in [-0.4, -0.2) is 0 Å². The highest BCUT2D eigenvalue weighted by atomic mass is 16.5. The van der Waals surface area contributed by atoms with Crippen molar-refractivity contribution in [2.75, 3.05) is 0 Å². The van der Waals surface area contributed by atoms with Gasteiger partial charge in [0.15, 0.2) is 0 Å². The summed E-state index contributed by atoms with van der Waals surface area (Å²) in [6.07, 6.45) is 1.08. The van der Waals surface area contributed by atoms with Crippen molar-refractivity contribution < 1.29 is 4.74 Å². The zero-order chi connectivity index (χ0) is 18.5. The molecule has 3 rings (SSSR count). The standard InChI is InChI=1S/C25H28O/c1-18(2)15-24(21-11-7-5-8-12-21)26-23-16-19(3)25(20(4)17-23)22-13-9-6-10-14-22/h5-14,16-18,24H,15H2,1-4H3. The van der Waals surface area contributed by atoms with Crippen LogP contribution in [0.1, 0.15) is 43.1 Å². The first-order valence-electron chi connectivity index (χ1n) is 9.43. The number of rotatable bonds is 6. The summed E-state index contributed by atoms with van der Waals surface area (Å²) in [6, 6.07) is 25.5. The SMILES string of the molecule is Cc1cc(OC(CC(C)C)c2ccccc2)cc(C)c1-c1ccccc1. The zero-order valence-electron chi connectivity index (χ0n) is 16.2. The van der Waals surface area contributed by atoms with Crippen LogP contribution in [0.15, 0.2) is 72.8 Å². The van der Waals surface area contributed by atoms with Crippen LogP contribution in [0.3, 0.4) is 0 Å². The summed E-state index contributed by atoms with van der Waals surface area (Å²) in [5.74, 6) is 1.53. The second kappa shape index (κ2) is 8.23. The fourth-order valence-corrected chi connectivity index (χ4v) is 3.56. The summed E-state index contributed by atoms with van der Waals surface area (Å²) in [5, 5.41) is 0. The molecule has 0 aliphatic rings. The maximum Gasteiger partial charge on any atom is 0.124 e. The van der Waals surface area contributed by atoms with Gasteiger partial charge < -0.3 is 4.74 Å². The summed E-state index contributed by atoms with van der Waals surface area (Å²) in [5.41, 5.74) is 6.31. The largest absolute Gasteiger partial charge is 0.486 e. The molecule has 0 spiro atoms. The second-order valence-corrected chi connectivity index (χ2v) is 7.44. The minimum absolute atomic E-state index is 0.0811. The lowest BCUT2D eigenvalue weighted by Crippen LogP contribution is -2.11. The molecule has 1 atom stereocenters. The summed E-state index contributed by atoms with van der Waals surface area (Å²) < 4.78 is 6.46. The topological polar surface area (TPSA) is 9.23 Å². The highest BCUT2D eigenvalue weighted by Crippen LogP contribution is 2.34. The molecule has 0 amide bonds. The molecule has 0 aromatic heterocycles. The molecule has 134 valence electrons. The summed E-state index contributed by atoms with van der Waals surface area (Å²) in [4.78, 5) is 0. The lowest BCUT2D eigenvalue weighted by molar-refractivity contribution is 0.177. The summed E-state index contributed by atoms with van der Waals surface area (Å²) >= 11 is 0. The van der Waals surface area contributed by atoms with Crippen LogP contribution in [0.4, 0.5) is 0 Å². The van der Waals surface area contributed by atoms with Gasteiger partial charge in [0, 0.05) is 0 Å². The van der Waals surface area contributed by atoms with E-state index in [1.54, 1.807) is 0 Å². The number of aryl methyl sites for hydroxylation is 2. The van der Waals surface area contributed by atoms with Gasteiger partial charge in [-0.3, -0.25) is 0 Å². The minimum atomic E-state index is 0.0811. The van der Waals surface area contributed by atoms with Gasteiger partial charge in [0.1, 0.15) is 11.9 Å². The van der Waals surface area contributed by atoms with Crippen molar-refractivity contribution in [3.8, 4) is 16.9 Å². The zero-order valence-corrected chi connectivity index (χ0v) is 16.2. The number of hydrogen-bond acceptors (Lipinski definition) is 1. The summed E-state index contributed by atoms with van der Waals surface area (Å²) in [7, 11) is 0. The van der Waals surface area contributed by atoms with Gasteiger partial charge in [-0.25, -0.2) is 0 Å². The van der Waals surface area contributed by atoms with E-state index in [1.165, 1.54) is 27.8 Å². The van der Waals surface area contributed by atoms with Crippen molar-refractivity contribution in [3.63, 3.8) is 0 Å². The molecule has 1 nitrogen and oxygen atoms in total. The maximum atomic E-state index is 6.46. The Balaban J connectivity index is 1.91. The second-order valence-electron chi connectivity index (χ2n) is 7.44. The first-order chi connectivity index (χ1) is 12.5. The van der Waals surface area contributed by atoms with E-state index in [4.69, 9.17) is 4.74 Å². The third-order valence-electron chi connectivity index (χ3n) is 4.70. The number of ether oxygens (including phenoxy) is 1. The molecule has 26 heavy (non-hydrogen) atoms. The normalized spacial score (nSPS) is 12.2. The smallest absolute Gasteiger partial charge is 0.124 e. The van der Waals surface area contributed by atoms with Crippen LogP contribution < -0.4 is 4.74 Å². The first-order valence-corrected chi connectivity index (χ1v) is 9.43. The Morgan fingerprint density at radius 3 is 1.85 bits per heavy atom. The Kier molecular flexibility index (Phi) is 5.78. The monoisotopic (exact) mass is 344 g/mol.